The number of thiophene rings is 1. The highest BCUT2D eigenvalue weighted by molar-refractivity contribution is 8.26. The fourth-order valence-electron chi connectivity index (χ4n) is 2.36. The Morgan fingerprint density at radius 1 is 1.26 bits per heavy atom. The number of hydrogen-bond donors (Lipinski definition) is 0. The Hall–Kier alpha value is -1.83. The van der Waals surface area contributed by atoms with Crippen LogP contribution in [0.2, 0.25) is 0 Å². The van der Waals surface area contributed by atoms with Gasteiger partial charge in [0.05, 0.1) is 11.4 Å². The van der Waals surface area contributed by atoms with Gasteiger partial charge in [-0.05, 0) is 35.2 Å². The molecule has 3 heterocycles. The summed E-state index contributed by atoms with van der Waals surface area (Å²) in [6.07, 6.45) is 1.89. The molecule has 1 saturated heterocycles. The van der Waals surface area contributed by atoms with Crippen molar-refractivity contribution in [2.45, 2.75) is 6.54 Å². The van der Waals surface area contributed by atoms with Crippen LogP contribution in [-0.2, 0) is 11.3 Å². The second kappa shape index (κ2) is 5.99. The van der Waals surface area contributed by atoms with Crippen LogP contribution < -0.4 is 9.47 Å². The Bertz CT molecular complexity index is 814. The van der Waals surface area contributed by atoms with Gasteiger partial charge in [0.15, 0.2) is 11.5 Å². The molecule has 0 spiro atoms. The van der Waals surface area contributed by atoms with Crippen molar-refractivity contribution in [3.63, 3.8) is 0 Å². The third-order valence-corrected chi connectivity index (χ3v) is 5.66. The standard InChI is InChI=1S/C16H11NO3S3/c18-15-14(7-11-2-1-5-22-11)23-16(21)17(15)8-10-3-4-12-13(6-10)20-9-19-12/h1-7H,8-9H2/b14-7+. The van der Waals surface area contributed by atoms with Crippen molar-refractivity contribution in [2.75, 3.05) is 6.79 Å². The molecule has 4 rings (SSSR count). The van der Waals surface area contributed by atoms with E-state index in [4.69, 9.17) is 21.7 Å². The first-order valence-electron chi connectivity index (χ1n) is 6.88. The zero-order chi connectivity index (χ0) is 15.8. The fourth-order valence-corrected chi connectivity index (χ4v) is 4.34. The van der Waals surface area contributed by atoms with E-state index in [-0.39, 0.29) is 12.7 Å². The van der Waals surface area contributed by atoms with Crippen LogP contribution in [0.1, 0.15) is 10.4 Å². The minimum absolute atomic E-state index is 0.0499. The summed E-state index contributed by atoms with van der Waals surface area (Å²) < 4.78 is 11.3. The van der Waals surface area contributed by atoms with E-state index in [0.717, 1.165) is 16.2 Å². The second-order valence-corrected chi connectivity index (χ2v) is 7.63. The normalized spacial score (nSPS) is 18.3. The summed E-state index contributed by atoms with van der Waals surface area (Å²) in [7, 11) is 0. The molecule has 116 valence electrons. The highest BCUT2D eigenvalue weighted by Crippen LogP contribution is 2.36. The number of carbonyl (C=O) groups is 1. The predicted molar refractivity (Wildman–Crippen MR) is 95.6 cm³/mol. The number of nitrogens with zero attached hydrogens (tertiary/aromatic N) is 1. The van der Waals surface area contributed by atoms with Crippen molar-refractivity contribution < 1.29 is 14.3 Å². The van der Waals surface area contributed by atoms with Gasteiger partial charge in [-0.25, -0.2) is 0 Å². The van der Waals surface area contributed by atoms with Crippen LogP contribution in [0.15, 0.2) is 40.6 Å². The zero-order valence-corrected chi connectivity index (χ0v) is 14.3. The van der Waals surface area contributed by atoms with Crippen molar-refractivity contribution >= 4 is 51.6 Å². The number of thioether (sulfide) groups is 1. The summed E-state index contributed by atoms with van der Waals surface area (Å²) >= 11 is 8.31. The maximum absolute atomic E-state index is 12.6. The monoisotopic (exact) mass is 361 g/mol. The predicted octanol–water partition coefficient (Wildman–Crippen LogP) is 3.88. The first-order valence-corrected chi connectivity index (χ1v) is 8.98. The molecule has 0 bridgehead atoms. The van der Waals surface area contributed by atoms with E-state index >= 15 is 0 Å². The molecule has 0 aliphatic carbocycles. The molecule has 0 atom stereocenters. The largest absolute Gasteiger partial charge is 0.454 e. The minimum atomic E-state index is -0.0499. The lowest BCUT2D eigenvalue weighted by Gasteiger charge is -2.14. The average Bonchev–Trinajstić information content (AvgIpc) is 3.25. The van der Waals surface area contributed by atoms with E-state index in [9.17, 15) is 4.79 Å². The van der Waals surface area contributed by atoms with Gasteiger partial charge >= 0.3 is 0 Å². The first-order chi connectivity index (χ1) is 11.2. The summed E-state index contributed by atoms with van der Waals surface area (Å²) in [6, 6.07) is 9.62. The van der Waals surface area contributed by atoms with Gasteiger partial charge in [0, 0.05) is 4.88 Å². The summed E-state index contributed by atoms with van der Waals surface area (Å²) in [5.74, 6) is 1.39. The molecule has 1 fully saturated rings. The molecule has 1 aromatic carbocycles. The maximum Gasteiger partial charge on any atom is 0.266 e. The summed E-state index contributed by atoms with van der Waals surface area (Å²) in [5, 5.41) is 1.99. The molecule has 0 saturated carbocycles. The van der Waals surface area contributed by atoms with Gasteiger partial charge in [-0.15, -0.1) is 11.3 Å². The third kappa shape index (κ3) is 2.87. The zero-order valence-electron chi connectivity index (χ0n) is 11.9. The molecule has 0 N–H and O–H groups in total. The fraction of sp³-hybridized carbons (Fsp3) is 0.125. The Kier molecular flexibility index (Phi) is 3.84. The molecule has 2 aliphatic heterocycles. The second-order valence-electron chi connectivity index (χ2n) is 4.97. The Balaban J connectivity index is 1.55. The Labute approximate surface area is 146 Å². The van der Waals surface area contributed by atoms with Crippen LogP contribution >= 0.6 is 35.3 Å². The number of hydrogen-bond acceptors (Lipinski definition) is 6. The first kappa shape index (κ1) is 14.7. The number of ether oxygens (including phenoxy) is 2. The number of amides is 1. The van der Waals surface area contributed by atoms with E-state index in [1.54, 1.807) is 16.2 Å². The number of thiocarbonyl (C=S) groups is 1. The minimum Gasteiger partial charge on any atom is -0.454 e. The summed E-state index contributed by atoms with van der Waals surface area (Å²) in [5.41, 5.74) is 0.961. The lowest BCUT2D eigenvalue weighted by atomic mass is 10.2. The average molecular weight is 361 g/mol. The lowest BCUT2D eigenvalue weighted by Crippen LogP contribution is -2.27. The van der Waals surface area contributed by atoms with Crippen LogP contribution in [0.5, 0.6) is 11.5 Å². The number of benzene rings is 1. The SMILES string of the molecule is O=C1/C(=C\c2cccs2)SC(=S)N1Cc1ccc2c(c1)OCO2. The molecule has 1 aromatic heterocycles. The van der Waals surface area contributed by atoms with Crippen molar-refractivity contribution in [1.29, 1.82) is 0 Å². The highest BCUT2D eigenvalue weighted by Gasteiger charge is 2.32. The molecule has 1 amide bonds. The van der Waals surface area contributed by atoms with Crippen molar-refractivity contribution in [3.8, 4) is 11.5 Å². The van der Waals surface area contributed by atoms with Gasteiger partial charge in [-0.3, -0.25) is 9.69 Å². The van der Waals surface area contributed by atoms with Gasteiger partial charge in [0.2, 0.25) is 6.79 Å². The molecule has 0 unspecified atom stereocenters. The van der Waals surface area contributed by atoms with E-state index in [2.05, 4.69) is 0 Å². The number of fused-ring (bicyclic) bond motifs is 1. The van der Waals surface area contributed by atoms with Crippen molar-refractivity contribution in [2.24, 2.45) is 0 Å². The number of rotatable bonds is 3. The highest BCUT2D eigenvalue weighted by atomic mass is 32.2. The summed E-state index contributed by atoms with van der Waals surface area (Å²) in [6.45, 7) is 0.673. The molecule has 7 heteroatoms. The quantitative estimate of drug-likeness (QED) is 0.613. The number of carbonyl (C=O) groups excluding carboxylic acids is 1. The van der Waals surface area contributed by atoms with Gasteiger partial charge in [-0.2, -0.15) is 0 Å². The van der Waals surface area contributed by atoms with Crippen molar-refractivity contribution in [3.05, 3.63) is 51.1 Å². The Morgan fingerprint density at radius 3 is 2.96 bits per heavy atom. The van der Waals surface area contributed by atoms with E-state index in [1.165, 1.54) is 11.8 Å². The maximum atomic E-state index is 12.6. The molecular weight excluding hydrogens is 350 g/mol. The van der Waals surface area contributed by atoms with Crippen LogP contribution in [-0.4, -0.2) is 21.9 Å². The topological polar surface area (TPSA) is 38.8 Å². The van der Waals surface area contributed by atoms with Gasteiger partial charge in [0.1, 0.15) is 4.32 Å². The van der Waals surface area contributed by atoms with Crippen LogP contribution in [0.4, 0.5) is 0 Å². The van der Waals surface area contributed by atoms with Gasteiger partial charge in [-0.1, -0.05) is 36.1 Å². The lowest BCUT2D eigenvalue weighted by molar-refractivity contribution is -0.122. The van der Waals surface area contributed by atoms with Gasteiger partial charge in [0.25, 0.3) is 5.91 Å². The van der Waals surface area contributed by atoms with E-state index in [1.807, 2.05) is 41.8 Å². The summed E-state index contributed by atoms with van der Waals surface area (Å²) in [4.78, 5) is 15.9. The van der Waals surface area contributed by atoms with E-state index in [0.29, 0.717) is 21.5 Å². The smallest absolute Gasteiger partial charge is 0.266 e. The molecule has 2 aromatic rings. The van der Waals surface area contributed by atoms with Crippen LogP contribution in [0, 0.1) is 0 Å². The van der Waals surface area contributed by atoms with E-state index < -0.39 is 0 Å². The Morgan fingerprint density at radius 2 is 2.13 bits per heavy atom. The van der Waals surface area contributed by atoms with Crippen molar-refractivity contribution in [1.82, 2.24) is 4.90 Å². The molecular formula is C16H11NO3S3. The van der Waals surface area contributed by atoms with Crippen LogP contribution in [0.25, 0.3) is 6.08 Å². The third-order valence-electron chi connectivity index (χ3n) is 3.47. The molecule has 23 heavy (non-hydrogen) atoms. The molecule has 2 aliphatic rings. The molecule has 4 nitrogen and oxygen atoms in total. The van der Waals surface area contributed by atoms with Gasteiger partial charge < -0.3 is 9.47 Å². The molecule has 0 radical (unpaired) electrons. The van der Waals surface area contributed by atoms with Crippen LogP contribution in [0.3, 0.4) is 0 Å².